The van der Waals surface area contributed by atoms with Crippen LogP contribution in [0.15, 0.2) is 78.8 Å². The molecule has 0 saturated carbocycles. The summed E-state index contributed by atoms with van der Waals surface area (Å²) in [4.78, 5) is 28.9. The lowest BCUT2D eigenvalue weighted by molar-refractivity contribution is 0.0971. The van der Waals surface area contributed by atoms with Crippen LogP contribution < -0.4 is 10.3 Å². The number of aryl methyl sites for hydroxylation is 2. The monoisotopic (exact) mass is 537 g/mol. The van der Waals surface area contributed by atoms with Crippen LogP contribution in [0, 0.1) is 13.8 Å². The minimum Gasteiger partial charge on any atom is -0.450 e. The fourth-order valence-electron chi connectivity index (χ4n) is 4.08. The number of carbonyl (C=O) groups is 1. The maximum Gasteiger partial charge on any atom is 0.295 e. The van der Waals surface area contributed by atoms with Crippen molar-refractivity contribution in [2.45, 2.75) is 19.9 Å². The SMILES string of the molecule is Cc1cc2oc3c(c(=O)c2cc1C)C(c1ccc(Br)cc1)N(c1cccc(Br)c1)C3=O. The Labute approximate surface area is 195 Å². The molecular formula is C25H17Br2NO3. The van der Waals surface area contributed by atoms with E-state index in [4.69, 9.17) is 4.42 Å². The van der Waals surface area contributed by atoms with Gasteiger partial charge in [-0.05, 0) is 73.0 Å². The van der Waals surface area contributed by atoms with E-state index < -0.39 is 6.04 Å². The number of fused-ring (bicyclic) bond motifs is 2. The minimum absolute atomic E-state index is 0.105. The lowest BCUT2D eigenvalue weighted by Crippen LogP contribution is -2.29. The smallest absolute Gasteiger partial charge is 0.295 e. The molecule has 0 radical (unpaired) electrons. The molecule has 0 spiro atoms. The van der Waals surface area contributed by atoms with Crippen molar-refractivity contribution in [3.8, 4) is 0 Å². The number of hydrogen-bond acceptors (Lipinski definition) is 3. The Kier molecular flexibility index (Phi) is 4.87. The molecule has 4 nitrogen and oxygen atoms in total. The third-order valence-corrected chi connectivity index (χ3v) is 6.78. The van der Waals surface area contributed by atoms with Gasteiger partial charge in [0.2, 0.25) is 5.76 Å². The van der Waals surface area contributed by atoms with E-state index in [-0.39, 0.29) is 17.1 Å². The molecule has 1 amide bonds. The number of rotatable bonds is 2. The zero-order valence-electron chi connectivity index (χ0n) is 16.8. The van der Waals surface area contributed by atoms with Gasteiger partial charge in [-0.3, -0.25) is 14.5 Å². The molecule has 154 valence electrons. The summed E-state index contributed by atoms with van der Waals surface area (Å²) < 4.78 is 7.85. The lowest BCUT2D eigenvalue weighted by Gasteiger charge is -2.25. The van der Waals surface area contributed by atoms with E-state index >= 15 is 0 Å². The maximum atomic E-state index is 13.7. The van der Waals surface area contributed by atoms with Gasteiger partial charge in [-0.2, -0.15) is 0 Å². The van der Waals surface area contributed by atoms with Crippen LogP contribution in [0.25, 0.3) is 11.0 Å². The van der Waals surface area contributed by atoms with Crippen LogP contribution in [0.5, 0.6) is 0 Å². The van der Waals surface area contributed by atoms with Crippen LogP contribution >= 0.6 is 31.9 Å². The Morgan fingerprint density at radius 3 is 2.29 bits per heavy atom. The minimum atomic E-state index is -0.577. The molecule has 1 atom stereocenters. The van der Waals surface area contributed by atoms with Gasteiger partial charge in [0.15, 0.2) is 5.43 Å². The van der Waals surface area contributed by atoms with E-state index in [9.17, 15) is 9.59 Å². The quantitative estimate of drug-likeness (QED) is 0.286. The van der Waals surface area contributed by atoms with Crippen molar-refractivity contribution in [2.75, 3.05) is 4.90 Å². The van der Waals surface area contributed by atoms with E-state index in [1.807, 2.05) is 74.5 Å². The molecule has 5 rings (SSSR count). The highest BCUT2D eigenvalue weighted by molar-refractivity contribution is 9.10. The van der Waals surface area contributed by atoms with Gasteiger partial charge in [0, 0.05) is 14.6 Å². The first kappa shape index (κ1) is 20.2. The van der Waals surface area contributed by atoms with Crippen molar-refractivity contribution in [2.24, 2.45) is 0 Å². The summed E-state index contributed by atoms with van der Waals surface area (Å²) in [5, 5.41) is 0.493. The van der Waals surface area contributed by atoms with E-state index in [1.54, 1.807) is 4.90 Å². The second-order valence-corrected chi connectivity index (χ2v) is 9.55. The third-order valence-electron chi connectivity index (χ3n) is 5.76. The number of halogens is 2. The highest BCUT2D eigenvalue weighted by Gasteiger charge is 2.43. The normalized spacial score (nSPS) is 15.5. The molecule has 0 aliphatic carbocycles. The fourth-order valence-corrected chi connectivity index (χ4v) is 4.73. The van der Waals surface area contributed by atoms with Crippen LogP contribution in [0.4, 0.5) is 5.69 Å². The molecule has 4 aromatic rings. The van der Waals surface area contributed by atoms with Crippen LogP contribution in [-0.2, 0) is 0 Å². The average Bonchev–Trinajstić information content (AvgIpc) is 3.03. The van der Waals surface area contributed by atoms with Gasteiger partial charge in [0.05, 0.1) is 17.0 Å². The number of benzene rings is 3. The Bertz CT molecular complexity index is 1420. The zero-order valence-corrected chi connectivity index (χ0v) is 20.0. The van der Waals surface area contributed by atoms with Crippen molar-refractivity contribution in [3.05, 3.63) is 108 Å². The molecule has 0 bridgehead atoms. The average molecular weight is 539 g/mol. The fraction of sp³-hybridized carbons (Fsp3) is 0.120. The number of hydrogen-bond donors (Lipinski definition) is 0. The summed E-state index contributed by atoms with van der Waals surface area (Å²) >= 11 is 6.95. The second-order valence-electron chi connectivity index (χ2n) is 7.72. The molecule has 1 aliphatic rings. The highest BCUT2D eigenvalue weighted by atomic mass is 79.9. The van der Waals surface area contributed by atoms with Crippen LogP contribution in [0.2, 0.25) is 0 Å². The first-order valence-corrected chi connectivity index (χ1v) is 11.4. The molecule has 0 saturated heterocycles. The molecule has 1 aromatic heterocycles. The molecule has 31 heavy (non-hydrogen) atoms. The molecule has 0 fully saturated rings. The van der Waals surface area contributed by atoms with Gasteiger partial charge < -0.3 is 4.42 Å². The standard InChI is InChI=1S/C25H17Br2NO3/c1-13-10-19-20(11-14(13)2)31-24-21(23(19)29)22(15-6-8-16(26)9-7-15)28(25(24)30)18-5-3-4-17(27)12-18/h3-12,22H,1-2H3. The summed E-state index contributed by atoms with van der Waals surface area (Å²) in [5.41, 5.74) is 4.19. The van der Waals surface area contributed by atoms with Gasteiger partial charge in [-0.1, -0.05) is 50.1 Å². The first-order valence-electron chi connectivity index (χ1n) is 9.77. The molecular weight excluding hydrogens is 522 g/mol. The van der Waals surface area contributed by atoms with Gasteiger partial charge in [-0.25, -0.2) is 0 Å². The molecule has 3 aromatic carbocycles. The van der Waals surface area contributed by atoms with Crippen molar-refractivity contribution in [1.82, 2.24) is 0 Å². The van der Waals surface area contributed by atoms with E-state index in [0.29, 0.717) is 22.2 Å². The summed E-state index contributed by atoms with van der Waals surface area (Å²) in [6.45, 7) is 3.93. The van der Waals surface area contributed by atoms with Crippen molar-refractivity contribution >= 4 is 54.4 Å². The van der Waals surface area contributed by atoms with E-state index in [2.05, 4.69) is 31.9 Å². The van der Waals surface area contributed by atoms with E-state index in [1.165, 1.54) is 0 Å². The predicted octanol–water partition coefficient (Wildman–Crippen LogP) is 6.68. The Morgan fingerprint density at radius 1 is 0.871 bits per heavy atom. The Morgan fingerprint density at radius 2 is 1.58 bits per heavy atom. The summed E-state index contributed by atoms with van der Waals surface area (Å²) in [7, 11) is 0. The van der Waals surface area contributed by atoms with Gasteiger partial charge in [0.25, 0.3) is 5.91 Å². The molecule has 0 N–H and O–H groups in total. The van der Waals surface area contributed by atoms with Crippen molar-refractivity contribution in [3.63, 3.8) is 0 Å². The molecule has 1 unspecified atom stereocenters. The highest BCUT2D eigenvalue weighted by Crippen LogP contribution is 2.42. The topological polar surface area (TPSA) is 50.5 Å². The lowest BCUT2D eigenvalue weighted by atomic mass is 9.97. The van der Waals surface area contributed by atoms with Crippen LogP contribution in [0.3, 0.4) is 0 Å². The number of anilines is 1. The van der Waals surface area contributed by atoms with Crippen LogP contribution in [0.1, 0.15) is 38.9 Å². The summed E-state index contributed by atoms with van der Waals surface area (Å²) in [5.74, 6) is -0.216. The molecule has 1 aliphatic heterocycles. The maximum absolute atomic E-state index is 13.7. The number of amides is 1. The Hall–Kier alpha value is -2.70. The summed E-state index contributed by atoms with van der Waals surface area (Å²) in [6.07, 6.45) is 0. The zero-order chi connectivity index (χ0) is 21.9. The van der Waals surface area contributed by atoms with Gasteiger partial charge in [-0.15, -0.1) is 0 Å². The van der Waals surface area contributed by atoms with Crippen molar-refractivity contribution in [1.29, 1.82) is 0 Å². The van der Waals surface area contributed by atoms with Crippen LogP contribution in [-0.4, -0.2) is 5.91 Å². The van der Waals surface area contributed by atoms with Crippen molar-refractivity contribution < 1.29 is 9.21 Å². The second kappa shape index (κ2) is 7.46. The van der Waals surface area contributed by atoms with Gasteiger partial charge in [0.1, 0.15) is 5.58 Å². The Balaban J connectivity index is 1.83. The number of carbonyl (C=O) groups excluding carboxylic acids is 1. The summed E-state index contributed by atoms with van der Waals surface area (Å²) in [6, 6.07) is 18.3. The number of nitrogens with zero attached hydrogens (tertiary/aromatic N) is 1. The van der Waals surface area contributed by atoms with E-state index in [0.717, 1.165) is 25.6 Å². The molecule has 6 heteroatoms. The first-order chi connectivity index (χ1) is 14.8. The van der Waals surface area contributed by atoms with Gasteiger partial charge >= 0.3 is 0 Å². The largest absolute Gasteiger partial charge is 0.450 e. The predicted molar refractivity (Wildman–Crippen MR) is 129 cm³/mol. The third kappa shape index (κ3) is 3.25. The molecule has 2 heterocycles.